The first-order valence-corrected chi connectivity index (χ1v) is 8.98. The predicted molar refractivity (Wildman–Crippen MR) is 93.5 cm³/mol. The lowest BCUT2D eigenvalue weighted by Crippen LogP contribution is -2.30. The first-order valence-electron chi connectivity index (χ1n) is 8.16. The summed E-state index contributed by atoms with van der Waals surface area (Å²) in [4.78, 5) is 3.87. The molecule has 1 aliphatic heterocycles. The van der Waals surface area contributed by atoms with Crippen molar-refractivity contribution in [2.75, 3.05) is 6.54 Å². The van der Waals surface area contributed by atoms with E-state index in [1.807, 2.05) is 11.3 Å². The molecule has 2 aromatic heterocycles. The van der Waals surface area contributed by atoms with Crippen LogP contribution in [0.4, 0.5) is 0 Å². The summed E-state index contributed by atoms with van der Waals surface area (Å²) in [6.45, 7) is 5.93. The van der Waals surface area contributed by atoms with Crippen LogP contribution in [-0.2, 0) is 32.7 Å². The summed E-state index contributed by atoms with van der Waals surface area (Å²) in [5.74, 6) is 0. The van der Waals surface area contributed by atoms with Gasteiger partial charge in [0.25, 0.3) is 0 Å². The Labute approximate surface area is 140 Å². The smallest absolute Gasteiger partial charge is 0.0926 e. The Kier molecular flexibility index (Phi) is 3.93. The lowest BCUT2D eigenvalue weighted by atomic mass is 10.1. The lowest BCUT2D eigenvalue weighted by Gasteiger charge is -2.27. The highest BCUT2D eigenvalue weighted by Gasteiger charge is 2.24. The number of fused-ring (bicyclic) bond motifs is 2. The molecular formula is C18H21N3OS. The molecule has 0 spiro atoms. The second kappa shape index (κ2) is 6.07. The fraction of sp³-hybridized carbons (Fsp3) is 0.389. The van der Waals surface area contributed by atoms with Crippen LogP contribution in [0.5, 0.6) is 0 Å². The summed E-state index contributed by atoms with van der Waals surface area (Å²) in [5.41, 5.74) is 3.40. The number of aliphatic hydroxyl groups excluding tert-OH is 1. The minimum absolute atomic E-state index is 0.0338. The average molecular weight is 327 g/mol. The Morgan fingerprint density at radius 2 is 2.17 bits per heavy atom. The molecule has 0 bridgehead atoms. The zero-order valence-corrected chi connectivity index (χ0v) is 14.1. The summed E-state index contributed by atoms with van der Waals surface area (Å²) < 4.78 is 3.41. The molecule has 3 heterocycles. The van der Waals surface area contributed by atoms with E-state index in [0.29, 0.717) is 0 Å². The molecule has 0 saturated carbocycles. The molecule has 23 heavy (non-hydrogen) atoms. The molecule has 0 atom stereocenters. The van der Waals surface area contributed by atoms with Crippen LogP contribution >= 0.6 is 11.3 Å². The van der Waals surface area contributed by atoms with E-state index in [9.17, 15) is 5.11 Å². The summed E-state index contributed by atoms with van der Waals surface area (Å²) in [6.07, 6.45) is 1.01. The van der Waals surface area contributed by atoms with E-state index in [1.165, 1.54) is 26.2 Å². The maximum absolute atomic E-state index is 9.58. The van der Waals surface area contributed by atoms with Gasteiger partial charge in [0.1, 0.15) is 0 Å². The minimum atomic E-state index is 0.0338. The van der Waals surface area contributed by atoms with Crippen LogP contribution < -0.4 is 0 Å². The normalized spacial score (nSPS) is 15.2. The molecule has 1 aromatic carbocycles. The van der Waals surface area contributed by atoms with Crippen molar-refractivity contribution in [3.8, 4) is 0 Å². The molecule has 3 aromatic rings. The highest BCUT2D eigenvalue weighted by molar-refractivity contribution is 7.19. The molecule has 4 nitrogen and oxygen atoms in total. The van der Waals surface area contributed by atoms with Crippen molar-refractivity contribution in [2.45, 2.75) is 39.6 Å². The maximum Gasteiger partial charge on any atom is 0.0926 e. The van der Waals surface area contributed by atoms with Crippen molar-refractivity contribution in [1.29, 1.82) is 0 Å². The molecule has 5 heteroatoms. The standard InChI is InChI=1S/C18H21N3OS/c1-2-21-17-7-8-20(11-15(17)16(12-22)19-21)10-14-9-13-5-3-4-6-18(13)23-14/h3-6,9,22H,2,7-8,10-12H2,1H3. The molecule has 0 unspecified atom stereocenters. The molecule has 120 valence electrons. The van der Waals surface area contributed by atoms with Gasteiger partial charge in [-0.2, -0.15) is 5.10 Å². The van der Waals surface area contributed by atoms with Crippen LogP contribution in [0.15, 0.2) is 30.3 Å². The topological polar surface area (TPSA) is 41.3 Å². The summed E-state index contributed by atoms with van der Waals surface area (Å²) in [5, 5.41) is 15.5. The van der Waals surface area contributed by atoms with Gasteiger partial charge in [-0.1, -0.05) is 18.2 Å². The summed E-state index contributed by atoms with van der Waals surface area (Å²) in [6, 6.07) is 10.9. The van der Waals surface area contributed by atoms with Crippen LogP contribution in [0.3, 0.4) is 0 Å². The molecule has 1 aliphatic rings. The number of hydrogen-bond acceptors (Lipinski definition) is 4. The predicted octanol–water partition coefficient (Wildman–Crippen LogP) is 3.17. The molecule has 0 fully saturated rings. The second-order valence-corrected chi connectivity index (χ2v) is 7.23. The van der Waals surface area contributed by atoms with E-state index in [0.717, 1.165) is 38.3 Å². The van der Waals surface area contributed by atoms with Gasteiger partial charge in [-0.15, -0.1) is 11.3 Å². The Balaban J connectivity index is 1.57. The molecule has 4 rings (SSSR count). The largest absolute Gasteiger partial charge is 0.390 e. The van der Waals surface area contributed by atoms with Crippen LogP contribution in [0.1, 0.15) is 28.8 Å². The van der Waals surface area contributed by atoms with Gasteiger partial charge >= 0.3 is 0 Å². The average Bonchev–Trinajstić information content (AvgIpc) is 3.14. The van der Waals surface area contributed by atoms with Gasteiger partial charge in [0.05, 0.1) is 12.3 Å². The first-order chi connectivity index (χ1) is 11.3. The van der Waals surface area contributed by atoms with Gasteiger partial charge in [0.2, 0.25) is 0 Å². The van der Waals surface area contributed by atoms with Crippen LogP contribution in [0.25, 0.3) is 10.1 Å². The van der Waals surface area contributed by atoms with Crippen molar-refractivity contribution in [1.82, 2.24) is 14.7 Å². The monoisotopic (exact) mass is 327 g/mol. The van der Waals surface area contributed by atoms with E-state index < -0.39 is 0 Å². The van der Waals surface area contributed by atoms with Gasteiger partial charge in [0, 0.05) is 53.4 Å². The van der Waals surface area contributed by atoms with Crippen LogP contribution in [-0.4, -0.2) is 26.3 Å². The van der Waals surface area contributed by atoms with Crippen molar-refractivity contribution in [3.05, 3.63) is 52.2 Å². The third kappa shape index (κ3) is 2.69. The molecular weight excluding hydrogens is 306 g/mol. The van der Waals surface area contributed by atoms with E-state index in [2.05, 4.69) is 51.9 Å². The Bertz CT molecular complexity index is 803. The number of aryl methyl sites for hydroxylation is 1. The number of thiophene rings is 1. The molecule has 0 saturated heterocycles. The van der Waals surface area contributed by atoms with Crippen molar-refractivity contribution < 1.29 is 5.11 Å². The van der Waals surface area contributed by atoms with E-state index >= 15 is 0 Å². The molecule has 0 amide bonds. The maximum atomic E-state index is 9.58. The SMILES string of the molecule is CCn1nc(CO)c2c1CCN(Cc1cc3ccccc3s1)C2. The van der Waals surface area contributed by atoms with Crippen molar-refractivity contribution in [3.63, 3.8) is 0 Å². The van der Waals surface area contributed by atoms with Crippen molar-refractivity contribution in [2.24, 2.45) is 0 Å². The Hall–Kier alpha value is -1.69. The quantitative estimate of drug-likeness (QED) is 0.800. The lowest BCUT2D eigenvalue weighted by molar-refractivity contribution is 0.238. The van der Waals surface area contributed by atoms with Crippen LogP contribution in [0.2, 0.25) is 0 Å². The number of nitrogens with zero attached hydrogens (tertiary/aromatic N) is 3. The summed E-state index contributed by atoms with van der Waals surface area (Å²) >= 11 is 1.88. The molecule has 0 aliphatic carbocycles. The Morgan fingerprint density at radius 3 is 2.96 bits per heavy atom. The number of aromatic nitrogens is 2. The third-order valence-corrected chi connectivity index (χ3v) is 5.70. The van der Waals surface area contributed by atoms with Crippen LogP contribution in [0, 0.1) is 0 Å². The van der Waals surface area contributed by atoms with E-state index in [-0.39, 0.29) is 6.61 Å². The summed E-state index contributed by atoms with van der Waals surface area (Å²) in [7, 11) is 0. The number of benzene rings is 1. The fourth-order valence-corrected chi connectivity index (χ4v) is 4.58. The third-order valence-electron chi connectivity index (χ3n) is 4.60. The Morgan fingerprint density at radius 1 is 1.30 bits per heavy atom. The highest BCUT2D eigenvalue weighted by Crippen LogP contribution is 2.29. The van der Waals surface area contributed by atoms with Gasteiger partial charge < -0.3 is 5.11 Å². The number of rotatable bonds is 4. The second-order valence-electron chi connectivity index (χ2n) is 6.06. The van der Waals surface area contributed by atoms with Gasteiger partial charge in [-0.25, -0.2) is 0 Å². The number of hydrogen-bond donors (Lipinski definition) is 1. The number of aliphatic hydroxyl groups is 1. The van der Waals surface area contributed by atoms with Gasteiger partial charge in [-0.05, 0) is 24.4 Å². The van der Waals surface area contributed by atoms with Gasteiger partial charge in [-0.3, -0.25) is 9.58 Å². The zero-order chi connectivity index (χ0) is 15.8. The molecule has 1 N–H and O–H groups in total. The van der Waals surface area contributed by atoms with Crippen molar-refractivity contribution >= 4 is 21.4 Å². The highest BCUT2D eigenvalue weighted by atomic mass is 32.1. The van der Waals surface area contributed by atoms with E-state index in [1.54, 1.807) is 0 Å². The minimum Gasteiger partial charge on any atom is -0.390 e. The molecule has 0 radical (unpaired) electrons. The fourth-order valence-electron chi connectivity index (χ4n) is 3.48. The van der Waals surface area contributed by atoms with Gasteiger partial charge in [0.15, 0.2) is 0 Å². The first kappa shape index (κ1) is 14.9. The van der Waals surface area contributed by atoms with E-state index in [4.69, 9.17) is 0 Å². The zero-order valence-electron chi connectivity index (χ0n) is 13.3.